The van der Waals surface area contributed by atoms with Gasteiger partial charge in [0.15, 0.2) is 0 Å². The molecule has 42 heavy (non-hydrogen) atoms. The molecule has 1 saturated carbocycles. The summed E-state index contributed by atoms with van der Waals surface area (Å²) in [6.07, 6.45) is 7.53. The molecule has 3 fully saturated rings. The van der Waals surface area contributed by atoms with Gasteiger partial charge in [-0.15, -0.1) is 0 Å². The highest BCUT2D eigenvalue weighted by Gasteiger charge is 2.61. The van der Waals surface area contributed by atoms with Crippen LogP contribution in [0.25, 0.3) is 0 Å². The predicted octanol–water partition coefficient (Wildman–Crippen LogP) is 1.71. The first-order valence-electron chi connectivity index (χ1n) is 14.8. The van der Waals surface area contributed by atoms with Crippen molar-refractivity contribution in [3.8, 4) is 0 Å². The monoisotopic (exact) mass is 613 g/mol. The van der Waals surface area contributed by atoms with Crippen LogP contribution >= 0.6 is 0 Å². The Hall–Kier alpha value is -2.71. The third-order valence-electron chi connectivity index (χ3n) is 8.31. The number of alkyl carbamates (subject to hydrolysis) is 1. The number of allylic oxidation sites excluding steroid dienone is 1. The van der Waals surface area contributed by atoms with Crippen molar-refractivity contribution < 1.29 is 37.4 Å². The standard InChI is InChI=1S/C28H47N5O8S/c1-6-7-8-9-10-12-20-17-28(20,25(36)37)30-24(35)21-13-11-14-33(21)23(34)18-29-26(38)41-22(27(2,3)4)19-32-16-15-31(5)42(32,39)40/h10,12,20-22H,6-9,11,13-19H2,1-5H3,(H,29,38)(H,30,35)(H,36,37)/b12-10-/t20?,21-,22?,28+/m0/s1. The lowest BCUT2D eigenvalue weighted by atomic mass is 9.89. The van der Waals surface area contributed by atoms with E-state index in [2.05, 4.69) is 17.6 Å². The Morgan fingerprint density at radius 1 is 1.14 bits per heavy atom. The lowest BCUT2D eigenvalue weighted by Crippen LogP contribution is -2.54. The lowest BCUT2D eigenvalue weighted by Gasteiger charge is -2.32. The van der Waals surface area contributed by atoms with E-state index in [1.807, 2.05) is 32.9 Å². The van der Waals surface area contributed by atoms with Crippen molar-refractivity contribution >= 4 is 34.1 Å². The zero-order chi connectivity index (χ0) is 31.3. The molecule has 13 nitrogen and oxygen atoms in total. The molecule has 0 aromatic carbocycles. The number of carboxylic acid groups (broad SMARTS) is 1. The molecule has 14 heteroatoms. The summed E-state index contributed by atoms with van der Waals surface area (Å²) in [6.45, 7) is 8.08. The Morgan fingerprint density at radius 3 is 2.45 bits per heavy atom. The molecule has 3 N–H and O–H groups in total. The number of amides is 3. The number of nitrogens with one attached hydrogen (secondary N) is 2. The molecule has 4 atom stereocenters. The second kappa shape index (κ2) is 13.7. The maximum absolute atomic E-state index is 13.2. The molecule has 2 aliphatic heterocycles. The van der Waals surface area contributed by atoms with E-state index >= 15 is 0 Å². The molecule has 3 rings (SSSR count). The highest BCUT2D eigenvalue weighted by molar-refractivity contribution is 7.87. The Labute approximate surface area is 249 Å². The second-order valence-electron chi connectivity index (χ2n) is 12.5. The third kappa shape index (κ3) is 8.01. The number of hydrogen-bond donors (Lipinski definition) is 3. The van der Waals surface area contributed by atoms with Gasteiger partial charge in [0.25, 0.3) is 10.2 Å². The van der Waals surface area contributed by atoms with Crippen LogP contribution in [0.3, 0.4) is 0 Å². The van der Waals surface area contributed by atoms with E-state index in [9.17, 15) is 32.7 Å². The molecule has 3 aliphatic rings. The number of carboxylic acids is 1. The fraction of sp³-hybridized carbons (Fsp3) is 0.786. The van der Waals surface area contributed by atoms with Crippen LogP contribution in [-0.4, -0.2) is 108 Å². The number of likely N-dealkylation sites (N-methyl/N-ethyl adjacent to an activating group) is 1. The molecule has 0 radical (unpaired) electrons. The largest absolute Gasteiger partial charge is 0.479 e. The Kier molecular flexibility index (Phi) is 11.0. The molecular formula is C28H47N5O8S. The van der Waals surface area contributed by atoms with Crippen LogP contribution in [-0.2, 0) is 29.3 Å². The van der Waals surface area contributed by atoms with Crippen LogP contribution in [0.1, 0.15) is 72.6 Å². The zero-order valence-electron chi connectivity index (χ0n) is 25.4. The summed E-state index contributed by atoms with van der Waals surface area (Å²) in [5.74, 6) is -2.40. The molecule has 1 aliphatic carbocycles. The van der Waals surface area contributed by atoms with Crippen molar-refractivity contribution in [1.29, 1.82) is 0 Å². The van der Waals surface area contributed by atoms with Crippen LogP contribution in [0.15, 0.2) is 12.2 Å². The van der Waals surface area contributed by atoms with Crippen molar-refractivity contribution in [2.45, 2.75) is 90.3 Å². The van der Waals surface area contributed by atoms with E-state index in [0.717, 1.165) is 25.7 Å². The van der Waals surface area contributed by atoms with Crippen LogP contribution in [0.5, 0.6) is 0 Å². The minimum absolute atomic E-state index is 0.0217. The summed E-state index contributed by atoms with van der Waals surface area (Å²) in [5.41, 5.74) is -1.95. The van der Waals surface area contributed by atoms with Gasteiger partial charge in [0.05, 0.1) is 6.54 Å². The molecular weight excluding hydrogens is 566 g/mol. The highest BCUT2D eigenvalue weighted by Crippen LogP contribution is 2.45. The maximum Gasteiger partial charge on any atom is 0.407 e. The number of aliphatic carboxylic acids is 1. The van der Waals surface area contributed by atoms with Gasteiger partial charge in [0.2, 0.25) is 11.8 Å². The number of ether oxygens (including phenoxy) is 1. The summed E-state index contributed by atoms with van der Waals surface area (Å²) in [5, 5.41) is 15.0. The molecule has 3 amide bonds. The van der Waals surface area contributed by atoms with E-state index in [0.29, 0.717) is 32.4 Å². The lowest BCUT2D eigenvalue weighted by molar-refractivity contribution is -0.145. The first-order chi connectivity index (χ1) is 19.6. The zero-order valence-corrected chi connectivity index (χ0v) is 26.2. The average molecular weight is 614 g/mol. The number of carbonyl (C=O) groups excluding carboxylic acids is 3. The molecule has 0 aromatic rings. The van der Waals surface area contributed by atoms with Gasteiger partial charge < -0.3 is 25.4 Å². The number of carbonyl (C=O) groups is 4. The van der Waals surface area contributed by atoms with Crippen LogP contribution in [0.4, 0.5) is 4.79 Å². The number of rotatable bonds is 13. The van der Waals surface area contributed by atoms with Crippen LogP contribution in [0, 0.1) is 11.3 Å². The highest BCUT2D eigenvalue weighted by atomic mass is 32.2. The molecule has 0 bridgehead atoms. The van der Waals surface area contributed by atoms with E-state index in [1.165, 1.54) is 20.6 Å². The van der Waals surface area contributed by atoms with Gasteiger partial charge in [-0.2, -0.15) is 17.0 Å². The average Bonchev–Trinajstić information content (AvgIpc) is 3.25. The predicted molar refractivity (Wildman–Crippen MR) is 155 cm³/mol. The molecule has 2 unspecified atom stereocenters. The van der Waals surface area contributed by atoms with Crippen LogP contribution in [0.2, 0.25) is 0 Å². The van der Waals surface area contributed by atoms with E-state index in [1.54, 1.807) is 0 Å². The van der Waals surface area contributed by atoms with Crippen LogP contribution < -0.4 is 10.6 Å². The molecule has 2 heterocycles. The van der Waals surface area contributed by atoms with Gasteiger partial charge in [-0.3, -0.25) is 9.59 Å². The summed E-state index contributed by atoms with van der Waals surface area (Å²) < 4.78 is 33.1. The maximum atomic E-state index is 13.2. The van der Waals surface area contributed by atoms with Gasteiger partial charge in [-0.05, 0) is 32.1 Å². The molecule has 0 aromatic heterocycles. The molecule has 0 spiro atoms. The van der Waals surface area contributed by atoms with E-state index < -0.39 is 63.7 Å². The second-order valence-corrected chi connectivity index (χ2v) is 14.6. The normalized spacial score (nSPS) is 26.7. The Morgan fingerprint density at radius 2 is 1.86 bits per heavy atom. The quantitative estimate of drug-likeness (QED) is 0.209. The Balaban J connectivity index is 1.54. The minimum Gasteiger partial charge on any atom is -0.479 e. The van der Waals surface area contributed by atoms with Gasteiger partial charge >= 0.3 is 12.1 Å². The van der Waals surface area contributed by atoms with Crippen molar-refractivity contribution in [3.63, 3.8) is 0 Å². The van der Waals surface area contributed by atoms with Crippen molar-refractivity contribution in [3.05, 3.63) is 12.2 Å². The van der Waals surface area contributed by atoms with E-state index in [4.69, 9.17) is 4.74 Å². The van der Waals surface area contributed by atoms with Gasteiger partial charge in [0, 0.05) is 38.0 Å². The SMILES string of the molecule is CCCCC/C=C\C1C[C@]1(NC(=O)[C@@H]1CCCN1C(=O)CNC(=O)OC(CN1CCN(C)S1(=O)=O)C(C)(C)C)C(=O)O. The smallest absolute Gasteiger partial charge is 0.407 e. The fourth-order valence-corrected chi connectivity index (χ4v) is 6.68. The number of hydrogen-bond acceptors (Lipinski definition) is 7. The molecule has 238 valence electrons. The summed E-state index contributed by atoms with van der Waals surface area (Å²) >= 11 is 0. The minimum atomic E-state index is -3.62. The number of likely N-dealkylation sites (tertiary alicyclic amines) is 1. The van der Waals surface area contributed by atoms with Crippen molar-refractivity contribution in [1.82, 2.24) is 24.1 Å². The molecule has 2 saturated heterocycles. The fourth-order valence-electron chi connectivity index (χ4n) is 5.34. The first-order valence-corrected chi connectivity index (χ1v) is 16.2. The van der Waals surface area contributed by atoms with Crippen molar-refractivity contribution in [2.24, 2.45) is 11.3 Å². The number of nitrogens with zero attached hydrogens (tertiary/aromatic N) is 3. The summed E-state index contributed by atoms with van der Waals surface area (Å²) in [4.78, 5) is 52.2. The third-order valence-corrected chi connectivity index (χ3v) is 10.3. The Bertz CT molecular complexity index is 1150. The van der Waals surface area contributed by atoms with Gasteiger partial charge in [-0.1, -0.05) is 52.7 Å². The van der Waals surface area contributed by atoms with E-state index in [-0.39, 0.29) is 19.0 Å². The summed E-state index contributed by atoms with van der Waals surface area (Å²) in [6, 6.07) is -0.832. The van der Waals surface area contributed by atoms with Gasteiger partial charge in [0.1, 0.15) is 24.2 Å². The first kappa shape index (κ1) is 33.8. The van der Waals surface area contributed by atoms with Crippen molar-refractivity contribution in [2.75, 3.05) is 39.8 Å². The summed E-state index contributed by atoms with van der Waals surface area (Å²) in [7, 11) is -2.13. The van der Waals surface area contributed by atoms with Gasteiger partial charge in [-0.25, -0.2) is 9.59 Å². The topological polar surface area (TPSA) is 166 Å². The number of unbranched alkanes of at least 4 members (excludes halogenated alkanes) is 3.